The van der Waals surface area contributed by atoms with Crippen molar-refractivity contribution in [2.45, 2.75) is 181 Å². The summed E-state index contributed by atoms with van der Waals surface area (Å²) in [5.41, 5.74) is 15.3. The molecule has 494 valence electrons. The number of hydrogen-bond donors (Lipinski definition) is 0. The van der Waals surface area contributed by atoms with Crippen LogP contribution >= 0.6 is 0 Å². The third-order valence-corrected chi connectivity index (χ3v) is 16.3. The second kappa shape index (κ2) is 42.4. The Morgan fingerprint density at radius 1 is 0.462 bits per heavy atom. The summed E-state index contributed by atoms with van der Waals surface area (Å²) >= 11 is 0. The third-order valence-electron chi connectivity index (χ3n) is 16.3. The molecule has 0 bridgehead atoms. The Morgan fingerprint density at radius 3 is 1.29 bits per heavy atom. The van der Waals surface area contributed by atoms with Crippen molar-refractivity contribution >= 4 is 5.69 Å². The van der Waals surface area contributed by atoms with Crippen molar-refractivity contribution in [3.8, 4) is 0 Å². The van der Waals surface area contributed by atoms with E-state index in [2.05, 4.69) is 279 Å². The molecule has 1 fully saturated rings. The molecule has 1 atom stereocenters. The number of ether oxygens (including phenoxy) is 1. The molecule has 6 aromatic carbocycles. The van der Waals surface area contributed by atoms with Gasteiger partial charge in [-0.3, -0.25) is 9.97 Å². The Kier molecular flexibility index (Phi) is 36.6. The highest BCUT2D eigenvalue weighted by Gasteiger charge is 2.35. The van der Waals surface area contributed by atoms with Crippen LogP contribution in [0.2, 0.25) is 0 Å². The predicted molar refractivity (Wildman–Crippen MR) is 391 cm³/mol. The first kappa shape index (κ1) is 78.5. The van der Waals surface area contributed by atoms with Gasteiger partial charge in [-0.1, -0.05) is 242 Å². The van der Waals surface area contributed by atoms with Gasteiger partial charge >= 0.3 is 0 Å². The largest absolute Gasteiger partial charge is 0.381 e. The van der Waals surface area contributed by atoms with E-state index in [1.54, 1.807) is 0 Å². The van der Waals surface area contributed by atoms with Gasteiger partial charge in [0.25, 0.3) is 0 Å². The maximum absolute atomic E-state index is 13.0. The fourth-order valence-corrected chi connectivity index (χ4v) is 11.3. The molecule has 6 heteroatoms. The maximum atomic E-state index is 13.0. The Morgan fingerprint density at radius 2 is 0.879 bits per heavy atom. The summed E-state index contributed by atoms with van der Waals surface area (Å²) in [6.45, 7) is 41.7. The van der Waals surface area contributed by atoms with Crippen LogP contribution in [0.1, 0.15) is 184 Å². The molecule has 3 heterocycles. The first-order chi connectivity index (χ1) is 43.2. The number of nitrogens with zero attached hydrogens (tertiary/aromatic N) is 3. The zero-order chi connectivity index (χ0) is 67.5. The molecule has 2 aromatic heterocycles. The molecule has 8 aromatic rings. The van der Waals surface area contributed by atoms with Gasteiger partial charge in [-0.25, -0.2) is 8.78 Å². The molecule has 0 amide bonds. The quantitative estimate of drug-likeness (QED) is 0.0911. The standard InChI is InChI=1S/C15H18N2.C15H22O.C12H19N.C12H18.C11H16.C10H12F2.C10H14/c1-12(2)15(3,13-8-4-6-10-16-13)14-9-5-7-11-17-14;1-12(2)15(13-6-4-3-5-7-13)14-8-10-16-11-9-14;1-10(2)9-11-5-7-12(8-6-11)13(3)4;1-9(2)7-12-6-5-10(3)8-11(12)4;1-9(2)8-11-6-4-10(3)5-7-11;1-7(2)5-8-3-4-9(11)6-10(8)12;1-9(2)8-10-6-4-3-5-7-10/h4-12H,1-3H3;3-7,12,14-15H,8-11H2,1-2H3;5-8,10H,9H2,1-4H3;5-6,8-9H,7H2,1-4H3;4-7,9H,8H2,1-3H3;3-4,6-7H,5H2,1-2H3;3-7,9H,8H2,1-2H3. The number of aryl methyl sites for hydroxylation is 3. The van der Waals surface area contributed by atoms with Crippen LogP contribution in [-0.4, -0.2) is 37.3 Å². The van der Waals surface area contributed by atoms with Gasteiger partial charge in [0.05, 0.1) is 16.8 Å². The van der Waals surface area contributed by atoms with E-state index in [0.29, 0.717) is 35.7 Å². The lowest BCUT2D eigenvalue weighted by atomic mass is 9.73. The Labute approximate surface area is 554 Å². The maximum Gasteiger partial charge on any atom is 0.129 e. The average molecular weight is 1240 g/mol. The van der Waals surface area contributed by atoms with Crippen molar-refractivity contribution in [3.63, 3.8) is 0 Å². The zero-order valence-corrected chi connectivity index (χ0v) is 60.0. The van der Waals surface area contributed by atoms with Crippen molar-refractivity contribution in [1.82, 2.24) is 9.97 Å². The lowest BCUT2D eigenvalue weighted by Gasteiger charge is -2.33. The normalized spacial score (nSPS) is 12.5. The molecule has 1 aliphatic rings. The van der Waals surface area contributed by atoms with Crippen LogP contribution in [0.5, 0.6) is 0 Å². The molecular weight excluding hydrogens is 1120 g/mol. The number of hydrogen-bond acceptors (Lipinski definition) is 4. The van der Waals surface area contributed by atoms with Crippen LogP contribution in [0.15, 0.2) is 194 Å². The van der Waals surface area contributed by atoms with Gasteiger partial charge in [0, 0.05) is 51.5 Å². The zero-order valence-electron chi connectivity index (χ0n) is 60.0. The summed E-state index contributed by atoms with van der Waals surface area (Å²) in [4.78, 5) is 11.1. The number of halogens is 2. The molecule has 0 saturated carbocycles. The van der Waals surface area contributed by atoms with E-state index in [4.69, 9.17) is 4.74 Å². The van der Waals surface area contributed by atoms with Crippen LogP contribution in [0, 0.1) is 79.7 Å². The highest BCUT2D eigenvalue weighted by Crippen LogP contribution is 2.38. The van der Waals surface area contributed by atoms with E-state index < -0.39 is 11.6 Å². The van der Waals surface area contributed by atoms with E-state index in [9.17, 15) is 8.78 Å². The number of benzene rings is 6. The minimum absolute atomic E-state index is 0.136. The van der Waals surface area contributed by atoms with Crippen molar-refractivity contribution < 1.29 is 13.5 Å². The Balaban J connectivity index is 0.000000279. The van der Waals surface area contributed by atoms with Crippen molar-refractivity contribution in [2.24, 2.45) is 47.3 Å². The number of aromatic nitrogens is 2. The summed E-state index contributed by atoms with van der Waals surface area (Å²) in [5, 5.41) is 0. The molecule has 1 unspecified atom stereocenters. The molecule has 4 nitrogen and oxygen atoms in total. The first-order valence-corrected chi connectivity index (χ1v) is 34.0. The lowest BCUT2D eigenvalue weighted by molar-refractivity contribution is 0.0522. The van der Waals surface area contributed by atoms with E-state index in [1.807, 2.05) is 50.5 Å². The summed E-state index contributed by atoms with van der Waals surface area (Å²) in [6, 6.07) is 61.7. The minimum Gasteiger partial charge on any atom is -0.381 e. The van der Waals surface area contributed by atoms with Gasteiger partial charge in [-0.2, -0.15) is 0 Å². The summed E-state index contributed by atoms with van der Waals surface area (Å²) in [7, 11) is 4.13. The molecule has 0 radical (unpaired) electrons. The second-order valence-corrected chi connectivity index (χ2v) is 28.1. The molecule has 9 rings (SSSR count). The Bertz CT molecular complexity index is 3020. The SMILES string of the molecule is CC(C)C(C)(c1ccccn1)c1ccccn1.CC(C)C(c1ccccc1)C1CCOCC1.CC(C)Cc1ccc(F)cc1F.CC(C)Cc1ccc(N(C)C)cc1.CC(C)Cc1ccccc1.Cc1ccc(CC(C)C)c(C)c1.Cc1ccc(CC(C)C)cc1. The topological polar surface area (TPSA) is 38.3 Å². The predicted octanol–water partition coefficient (Wildman–Crippen LogP) is 23.0. The highest BCUT2D eigenvalue weighted by atomic mass is 19.1. The van der Waals surface area contributed by atoms with Crippen LogP contribution in [0.4, 0.5) is 14.5 Å². The highest BCUT2D eigenvalue weighted by molar-refractivity contribution is 5.46. The van der Waals surface area contributed by atoms with Crippen LogP contribution < -0.4 is 4.90 Å². The van der Waals surface area contributed by atoms with E-state index in [-0.39, 0.29) is 5.41 Å². The van der Waals surface area contributed by atoms with Gasteiger partial charge in [-0.05, 0) is 207 Å². The van der Waals surface area contributed by atoms with Crippen LogP contribution in [0.3, 0.4) is 0 Å². The monoisotopic (exact) mass is 1240 g/mol. The molecule has 1 aliphatic heterocycles. The smallest absolute Gasteiger partial charge is 0.129 e. The van der Waals surface area contributed by atoms with Crippen molar-refractivity contribution in [3.05, 3.63) is 267 Å². The van der Waals surface area contributed by atoms with E-state index in [0.717, 1.165) is 60.3 Å². The molecule has 0 aliphatic carbocycles. The second-order valence-electron chi connectivity index (χ2n) is 28.1. The molecule has 0 spiro atoms. The molecule has 91 heavy (non-hydrogen) atoms. The number of rotatable bonds is 17. The molecule has 0 N–H and O–H groups in total. The van der Waals surface area contributed by atoms with Gasteiger partial charge in [0.15, 0.2) is 0 Å². The summed E-state index contributed by atoms with van der Waals surface area (Å²) in [5.74, 6) is 5.12. The lowest BCUT2D eigenvalue weighted by Crippen LogP contribution is -2.32. The van der Waals surface area contributed by atoms with Gasteiger partial charge in [0.1, 0.15) is 11.6 Å². The third kappa shape index (κ3) is 30.9. The van der Waals surface area contributed by atoms with Crippen LogP contribution in [0.25, 0.3) is 0 Å². The summed E-state index contributed by atoms with van der Waals surface area (Å²) in [6.07, 6.45) is 11.6. The van der Waals surface area contributed by atoms with Gasteiger partial charge in [0.2, 0.25) is 0 Å². The molecule has 1 saturated heterocycles. The fourth-order valence-electron chi connectivity index (χ4n) is 11.3. The van der Waals surface area contributed by atoms with E-state index in [1.165, 1.54) is 101 Å². The Hall–Kier alpha value is -6.76. The number of anilines is 1. The summed E-state index contributed by atoms with van der Waals surface area (Å²) < 4.78 is 30.9. The molecular formula is C85H119F2N3O. The van der Waals surface area contributed by atoms with Crippen molar-refractivity contribution in [2.75, 3.05) is 32.2 Å². The average Bonchev–Trinajstić information content (AvgIpc) is 1.28. The van der Waals surface area contributed by atoms with Crippen LogP contribution in [-0.2, 0) is 42.3 Å². The van der Waals surface area contributed by atoms with Gasteiger partial charge < -0.3 is 9.64 Å². The first-order valence-electron chi connectivity index (χ1n) is 34.0. The van der Waals surface area contributed by atoms with Gasteiger partial charge in [-0.15, -0.1) is 0 Å². The number of pyridine rings is 2. The minimum atomic E-state index is -0.514. The van der Waals surface area contributed by atoms with Crippen molar-refractivity contribution in [1.29, 1.82) is 0 Å². The fraction of sp³-hybridized carbons (Fsp3) is 0.459. The van der Waals surface area contributed by atoms with E-state index >= 15 is 0 Å².